The number of ether oxygens (including phenoxy) is 1. The van der Waals surface area contributed by atoms with E-state index < -0.39 is 11.9 Å². The number of hydrogen-bond donors (Lipinski definition) is 2. The Kier molecular flexibility index (Phi) is 13.6. The number of carboxylic acid groups (broad SMARTS) is 2. The number of benzene rings is 2. The number of nitrogens with zero attached hydrogens (tertiary/aromatic N) is 3. The molecule has 49 heavy (non-hydrogen) atoms. The minimum atomic E-state index is -1.26. The number of carboxylic acids is 2. The van der Waals surface area contributed by atoms with Crippen molar-refractivity contribution >= 4 is 40.7 Å². The van der Waals surface area contributed by atoms with E-state index in [-0.39, 0.29) is 41.6 Å². The highest BCUT2D eigenvalue weighted by Crippen LogP contribution is 2.33. The second-order valence-corrected chi connectivity index (χ2v) is 12.1. The van der Waals surface area contributed by atoms with Crippen molar-refractivity contribution in [1.82, 2.24) is 15.0 Å². The zero-order chi connectivity index (χ0) is 35.3. The molecule has 0 bridgehead atoms. The molecule has 3 heterocycles. The van der Waals surface area contributed by atoms with Gasteiger partial charge in [0.1, 0.15) is 11.6 Å². The second-order valence-electron chi connectivity index (χ2n) is 12.1. The van der Waals surface area contributed by atoms with Gasteiger partial charge in [0.05, 0.1) is 16.8 Å². The van der Waals surface area contributed by atoms with Gasteiger partial charge in [-0.25, -0.2) is 14.0 Å². The van der Waals surface area contributed by atoms with Gasteiger partial charge in [-0.05, 0) is 62.7 Å². The van der Waals surface area contributed by atoms with Crippen LogP contribution < -0.4 is 4.74 Å². The molecular weight excluding hydrogens is 637 g/mol. The number of piperidine rings is 1. The molecule has 0 unspecified atom stereocenters. The van der Waals surface area contributed by atoms with Gasteiger partial charge in [-0.2, -0.15) is 0 Å². The molecule has 0 atom stereocenters. The second kappa shape index (κ2) is 18.0. The highest BCUT2D eigenvalue weighted by molar-refractivity contribution is 6.21. The summed E-state index contributed by atoms with van der Waals surface area (Å²) in [7, 11) is 0. The Balaban J connectivity index is 0.000000603. The predicted molar refractivity (Wildman–Crippen MR) is 177 cm³/mol. The number of hydrogen-bond acceptors (Lipinski definition) is 9. The van der Waals surface area contributed by atoms with Crippen molar-refractivity contribution in [3.63, 3.8) is 0 Å². The van der Waals surface area contributed by atoms with Crippen molar-refractivity contribution in [2.75, 3.05) is 26.2 Å². The Hall–Kier alpha value is -4.91. The number of aromatic nitrogens is 1. The molecule has 3 aromatic rings. The fourth-order valence-corrected chi connectivity index (χ4v) is 5.98. The van der Waals surface area contributed by atoms with Crippen molar-refractivity contribution in [3.8, 4) is 5.75 Å². The minimum Gasteiger partial charge on any atom is -0.478 e. The summed E-state index contributed by atoms with van der Waals surface area (Å²) in [6, 6.07) is 9.16. The predicted octanol–water partition coefficient (Wildman–Crippen LogP) is 6.20. The van der Waals surface area contributed by atoms with Crippen LogP contribution in [0.1, 0.15) is 103 Å². The molecule has 2 amide bonds. The number of carbonyl (C=O) groups excluding carboxylic acids is 3. The molecule has 5 rings (SSSR count). The van der Waals surface area contributed by atoms with Gasteiger partial charge in [0.25, 0.3) is 11.8 Å². The quantitative estimate of drug-likeness (QED) is 0.0617. The molecule has 1 saturated heterocycles. The summed E-state index contributed by atoms with van der Waals surface area (Å²) in [6.45, 7) is 4.64. The highest BCUT2D eigenvalue weighted by Gasteiger charge is 2.36. The molecule has 2 aliphatic heterocycles. The van der Waals surface area contributed by atoms with Crippen molar-refractivity contribution in [2.45, 2.75) is 77.0 Å². The van der Waals surface area contributed by atoms with Gasteiger partial charge < -0.3 is 24.4 Å². The van der Waals surface area contributed by atoms with Gasteiger partial charge in [-0.15, -0.1) is 0 Å². The number of unbranched alkanes of at least 4 members (excludes halogenated alkanes) is 6. The Morgan fingerprint density at radius 1 is 0.898 bits per heavy atom. The van der Waals surface area contributed by atoms with E-state index in [9.17, 15) is 28.4 Å². The zero-order valence-electron chi connectivity index (χ0n) is 27.6. The van der Waals surface area contributed by atoms with E-state index in [1.165, 1.54) is 48.8 Å². The first kappa shape index (κ1) is 36.9. The van der Waals surface area contributed by atoms with Crippen molar-refractivity contribution < 1.29 is 47.8 Å². The number of aliphatic carboxylic acids is 2. The highest BCUT2D eigenvalue weighted by atomic mass is 19.1. The van der Waals surface area contributed by atoms with Crippen molar-refractivity contribution in [2.24, 2.45) is 0 Å². The Morgan fingerprint density at radius 3 is 2.22 bits per heavy atom. The summed E-state index contributed by atoms with van der Waals surface area (Å²) < 4.78 is 24.3. The molecule has 262 valence electrons. The average Bonchev–Trinajstić information content (AvgIpc) is 3.60. The van der Waals surface area contributed by atoms with E-state index in [4.69, 9.17) is 19.5 Å². The number of esters is 1. The summed E-state index contributed by atoms with van der Waals surface area (Å²) in [5, 5.41) is 20.7. The first-order valence-corrected chi connectivity index (χ1v) is 16.7. The lowest BCUT2D eigenvalue weighted by Gasteiger charge is -2.32. The number of amides is 2. The van der Waals surface area contributed by atoms with Crippen LogP contribution >= 0.6 is 0 Å². The maximum atomic E-state index is 13.5. The van der Waals surface area contributed by atoms with E-state index in [2.05, 4.69) is 17.0 Å². The molecule has 2 aliphatic rings. The maximum absolute atomic E-state index is 13.5. The maximum Gasteiger partial charge on any atom is 0.328 e. The van der Waals surface area contributed by atoms with Crippen LogP contribution in [0.3, 0.4) is 0 Å². The molecule has 1 aromatic heterocycles. The van der Waals surface area contributed by atoms with Crippen molar-refractivity contribution in [3.05, 3.63) is 71.2 Å². The summed E-state index contributed by atoms with van der Waals surface area (Å²) in [5.74, 6) is -3.34. The lowest BCUT2D eigenvalue weighted by molar-refractivity contribution is -0.134. The van der Waals surface area contributed by atoms with Gasteiger partial charge in [0, 0.05) is 49.0 Å². The van der Waals surface area contributed by atoms with Gasteiger partial charge in [-0.3, -0.25) is 19.3 Å². The summed E-state index contributed by atoms with van der Waals surface area (Å²) >= 11 is 0. The number of carbonyl (C=O) groups is 5. The third-order valence-corrected chi connectivity index (χ3v) is 8.60. The smallest absolute Gasteiger partial charge is 0.328 e. The fourth-order valence-electron chi connectivity index (χ4n) is 5.98. The van der Waals surface area contributed by atoms with Crippen LogP contribution in [0.25, 0.3) is 11.0 Å². The first-order valence-electron chi connectivity index (χ1n) is 16.7. The number of likely N-dealkylation sites (tertiary alicyclic amines) is 1. The van der Waals surface area contributed by atoms with Crippen LogP contribution in [0.15, 0.2) is 53.1 Å². The monoisotopic (exact) mass is 679 g/mol. The number of halogens is 1. The van der Waals surface area contributed by atoms with Gasteiger partial charge in [0.15, 0.2) is 5.58 Å². The molecule has 2 aromatic carbocycles. The molecule has 0 aliphatic carbocycles. The summed E-state index contributed by atoms with van der Waals surface area (Å²) in [4.78, 5) is 61.0. The molecule has 0 radical (unpaired) electrons. The normalized spacial score (nSPS) is 15.0. The van der Waals surface area contributed by atoms with E-state index in [0.29, 0.717) is 42.0 Å². The van der Waals surface area contributed by atoms with E-state index in [1.807, 2.05) is 0 Å². The summed E-state index contributed by atoms with van der Waals surface area (Å²) in [5.41, 5.74) is 1.94. The SMILES string of the molecule is CCCCCCCCCC(=O)Oc1ccc2c(c1)C(=O)N(CCN1CCC(c3noc4cc(F)ccc34)CC1)C2=O.O=C(O)C=CC(=O)O. The topological polar surface area (TPSA) is 168 Å². The zero-order valence-corrected chi connectivity index (χ0v) is 27.6. The first-order chi connectivity index (χ1) is 23.6. The van der Waals surface area contributed by atoms with Crippen LogP contribution in [-0.4, -0.2) is 81.1 Å². The minimum absolute atomic E-state index is 0.212. The molecule has 0 spiro atoms. The Bertz CT molecular complexity index is 1660. The van der Waals surface area contributed by atoms with Gasteiger partial charge in [-0.1, -0.05) is 50.6 Å². The fraction of sp³-hybridized carbons (Fsp3) is 0.444. The van der Waals surface area contributed by atoms with Crippen molar-refractivity contribution in [1.29, 1.82) is 0 Å². The number of fused-ring (bicyclic) bond motifs is 2. The molecule has 13 heteroatoms. The average molecular weight is 680 g/mol. The lowest BCUT2D eigenvalue weighted by atomic mass is 9.91. The lowest BCUT2D eigenvalue weighted by Crippen LogP contribution is -2.41. The summed E-state index contributed by atoms with van der Waals surface area (Å²) in [6.07, 6.45) is 11.0. The Labute approximate surface area is 283 Å². The third kappa shape index (κ3) is 10.5. The standard InChI is InChI=1S/C32H38FN3O5.C4H4O4/c1-2-3-4-5-6-7-8-9-29(37)40-24-11-13-25-27(21-24)32(39)36(31(25)38)19-18-35-16-14-22(15-17-35)30-26-12-10-23(33)20-28(26)41-34-30;5-3(6)1-2-4(7)8/h10-13,20-22H,2-9,14-19H2,1H3;1-2H,(H,5,6)(H,7,8). The van der Waals surface area contributed by atoms with E-state index in [1.54, 1.807) is 18.2 Å². The number of rotatable bonds is 15. The van der Waals surface area contributed by atoms with Crippen LogP contribution in [0, 0.1) is 5.82 Å². The van der Waals surface area contributed by atoms with Crippen LogP contribution in [0.4, 0.5) is 4.39 Å². The van der Waals surface area contributed by atoms with Gasteiger partial charge >= 0.3 is 17.9 Å². The molecule has 12 nitrogen and oxygen atoms in total. The molecule has 2 N–H and O–H groups in total. The van der Waals surface area contributed by atoms with E-state index in [0.717, 1.165) is 56.3 Å². The Morgan fingerprint density at radius 2 is 1.55 bits per heavy atom. The molecule has 1 fully saturated rings. The van der Waals surface area contributed by atoms with Crippen LogP contribution in [0.2, 0.25) is 0 Å². The molecular formula is C36H42FN3O9. The number of imide groups is 1. The van der Waals surface area contributed by atoms with E-state index >= 15 is 0 Å². The molecule has 0 saturated carbocycles. The largest absolute Gasteiger partial charge is 0.478 e. The van der Waals surface area contributed by atoms with Crippen LogP contribution in [-0.2, 0) is 14.4 Å². The third-order valence-electron chi connectivity index (χ3n) is 8.60. The van der Waals surface area contributed by atoms with Crippen LogP contribution in [0.5, 0.6) is 5.75 Å². The van der Waals surface area contributed by atoms with Gasteiger partial charge in [0.2, 0.25) is 0 Å².